The third kappa shape index (κ3) is 3.88. The molecule has 168 valence electrons. The number of ether oxygens (including phenoxy) is 1. The molecular weight excluding hydrogens is 420 g/mol. The predicted octanol–water partition coefficient (Wildman–Crippen LogP) is 3.83. The number of carbonyl (C=O) groups is 1. The van der Waals surface area contributed by atoms with Crippen LogP contribution in [-0.2, 0) is 0 Å². The number of aryl methyl sites for hydroxylation is 1. The van der Waals surface area contributed by atoms with Gasteiger partial charge in [0.1, 0.15) is 11.4 Å². The van der Waals surface area contributed by atoms with E-state index in [0.717, 1.165) is 49.8 Å². The van der Waals surface area contributed by atoms with Gasteiger partial charge in [0.2, 0.25) is 0 Å². The summed E-state index contributed by atoms with van der Waals surface area (Å²) in [6, 6.07) is 7.59. The molecule has 2 aromatic carbocycles. The molecular formula is C22H23F2N5O3. The van der Waals surface area contributed by atoms with Gasteiger partial charge in [0.15, 0.2) is 11.6 Å². The molecule has 1 amide bonds. The molecule has 0 saturated heterocycles. The first-order valence-electron chi connectivity index (χ1n) is 10.4. The average Bonchev–Trinajstić information content (AvgIpc) is 3.16. The maximum Gasteiger partial charge on any atom is 0.377 e. The van der Waals surface area contributed by atoms with Gasteiger partial charge in [-0.3, -0.25) is 4.90 Å². The number of nitrogens with zero attached hydrogens (tertiary/aromatic N) is 5. The van der Waals surface area contributed by atoms with E-state index in [-0.39, 0.29) is 6.04 Å². The minimum atomic E-state index is -1.05. The molecule has 1 aliphatic carbocycles. The van der Waals surface area contributed by atoms with Gasteiger partial charge in [-0.2, -0.15) is 4.68 Å². The largest absolute Gasteiger partial charge is 0.496 e. The normalized spacial score (nSPS) is 14.4. The number of halogens is 2. The lowest BCUT2D eigenvalue weighted by Gasteiger charge is -2.34. The Morgan fingerprint density at radius 3 is 2.41 bits per heavy atom. The highest BCUT2D eigenvalue weighted by Gasteiger charge is 2.31. The number of rotatable bonds is 4. The molecule has 0 spiro atoms. The molecule has 1 fully saturated rings. The fourth-order valence-corrected chi connectivity index (χ4v) is 4.13. The van der Waals surface area contributed by atoms with Crippen molar-refractivity contribution in [3.8, 4) is 11.4 Å². The SMILES string of the molecule is COc1ccc(N(C(=O)n2nnn(-c3c(F)cccc3F)c2=O)C2CCCCC2)cc1C. The molecule has 3 aromatic rings. The second-order valence-corrected chi connectivity index (χ2v) is 7.75. The van der Waals surface area contributed by atoms with Gasteiger partial charge in [-0.1, -0.05) is 25.3 Å². The van der Waals surface area contributed by atoms with E-state index in [1.165, 1.54) is 11.0 Å². The lowest BCUT2D eigenvalue weighted by atomic mass is 9.94. The molecule has 1 heterocycles. The summed E-state index contributed by atoms with van der Waals surface area (Å²) in [5.74, 6) is -1.30. The monoisotopic (exact) mass is 443 g/mol. The van der Waals surface area contributed by atoms with Crippen LogP contribution in [-0.4, -0.2) is 39.0 Å². The third-order valence-electron chi connectivity index (χ3n) is 5.71. The number of carbonyl (C=O) groups excluding carboxylic acids is 1. The summed E-state index contributed by atoms with van der Waals surface area (Å²) in [5.41, 5.74) is -0.326. The number of benzene rings is 2. The van der Waals surface area contributed by atoms with Crippen LogP contribution in [0.5, 0.6) is 5.75 Å². The van der Waals surface area contributed by atoms with Crippen molar-refractivity contribution in [1.29, 1.82) is 0 Å². The maximum atomic E-state index is 14.2. The molecule has 32 heavy (non-hydrogen) atoms. The lowest BCUT2D eigenvalue weighted by Crippen LogP contribution is -2.47. The summed E-state index contributed by atoms with van der Waals surface area (Å²) in [7, 11) is 1.56. The Morgan fingerprint density at radius 2 is 1.78 bits per heavy atom. The number of hydrogen-bond donors (Lipinski definition) is 0. The Morgan fingerprint density at radius 1 is 1.09 bits per heavy atom. The van der Waals surface area contributed by atoms with Gasteiger partial charge in [-0.25, -0.2) is 18.4 Å². The first kappa shape index (κ1) is 21.7. The molecule has 0 N–H and O–H groups in total. The van der Waals surface area contributed by atoms with E-state index in [0.29, 0.717) is 20.8 Å². The molecule has 4 rings (SSSR count). The van der Waals surface area contributed by atoms with Crippen LogP contribution in [0.1, 0.15) is 37.7 Å². The van der Waals surface area contributed by atoms with Crippen molar-refractivity contribution in [2.24, 2.45) is 0 Å². The summed E-state index contributed by atoms with van der Waals surface area (Å²) in [4.78, 5) is 27.9. The zero-order chi connectivity index (χ0) is 22.8. The second kappa shape index (κ2) is 8.89. The van der Waals surface area contributed by atoms with Crippen molar-refractivity contribution in [3.05, 3.63) is 64.1 Å². The molecule has 0 bridgehead atoms. The molecule has 10 heteroatoms. The smallest absolute Gasteiger partial charge is 0.377 e. The van der Waals surface area contributed by atoms with Crippen LogP contribution in [0.2, 0.25) is 0 Å². The van der Waals surface area contributed by atoms with E-state index in [1.54, 1.807) is 25.3 Å². The molecule has 1 aromatic heterocycles. The Kier molecular flexibility index (Phi) is 6.02. The van der Waals surface area contributed by atoms with E-state index in [4.69, 9.17) is 4.74 Å². The first-order chi connectivity index (χ1) is 15.4. The van der Waals surface area contributed by atoms with Crippen LogP contribution in [0, 0.1) is 18.6 Å². The minimum absolute atomic E-state index is 0.147. The van der Waals surface area contributed by atoms with Gasteiger partial charge in [-0.15, -0.1) is 4.68 Å². The van der Waals surface area contributed by atoms with Gasteiger partial charge < -0.3 is 4.74 Å². The zero-order valence-corrected chi connectivity index (χ0v) is 17.8. The quantitative estimate of drug-likeness (QED) is 0.573. The van der Waals surface area contributed by atoms with Gasteiger partial charge in [0, 0.05) is 11.7 Å². The van der Waals surface area contributed by atoms with Crippen LogP contribution < -0.4 is 15.3 Å². The van der Waals surface area contributed by atoms with Gasteiger partial charge in [-0.05, 0) is 66.1 Å². The molecule has 0 radical (unpaired) electrons. The first-order valence-corrected chi connectivity index (χ1v) is 10.4. The van der Waals surface area contributed by atoms with Crippen molar-refractivity contribution >= 4 is 11.7 Å². The zero-order valence-electron chi connectivity index (χ0n) is 17.8. The van der Waals surface area contributed by atoms with Crippen molar-refractivity contribution < 1.29 is 18.3 Å². The fourth-order valence-electron chi connectivity index (χ4n) is 4.13. The van der Waals surface area contributed by atoms with Crippen molar-refractivity contribution in [1.82, 2.24) is 19.8 Å². The number of aromatic nitrogens is 4. The summed E-state index contributed by atoms with van der Waals surface area (Å²) in [5, 5.41) is 7.20. The second-order valence-electron chi connectivity index (χ2n) is 7.75. The number of para-hydroxylation sites is 1. The molecule has 0 atom stereocenters. The van der Waals surface area contributed by atoms with Crippen LogP contribution in [0.4, 0.5) is 19.3 Å². The van der Waals surface area contributed by atoms with Gasteiger partial charge in [0.25, 0.3) is 0 Å². The van der Waals surface area contributed by atoms with Gasteiger partial charge in [0.05, 0.1) is 7.11 Å². The summed E-state index contributed by atoms with van der Waals surface area (Å²) in [6.07, 6.45) is 4.50. The van der Waals surface area contributed by atoms with E-state index in [9.17, 15) is 18.4 Å². The van der Waals surface area contributed by atoms with E-state index in [1.807, 2.05) is 6.92 Å². The maximum absolute atomic E-state index is 14.2. The van der Waals surface area contributed by atoms with Crippen LogP contribution in [0.3, 0.4) is 0 Å². The van der Waals surface area contributed by atoms with E-state index >= 15 is 0 Å². The molecule has 8 nitrogen and oxygen atoms in total. The lowest BCUT2D eigenvalue weighted by molar-refractivity contribution is 0.238. The Bertz CT molecular complexity index is 1180. The van der Waals surface area contributed by atoms with Crippen LogP contribution in [0.15, 0.2) is 41.2 Å². The average molecular weight is 443 g/mol. The van der Waals surface area contributed by atoms with Crippen molar-refractivity contribution in [3.63, 3.8) is 0 Å². The number of methoxy groups -OCH3 is 1. The number of amides is 1. The number of tetrazole rings is 1. The molecule has 0 aliphatic heterocycles. The predicted molar refractivity (Wildman–Crippen MR) is 113 cm³/mol. The van der Waals surface area contributed by atoms with E-state index < -0.39 is 29.0 Å². The van der Waals surface area contributed by atoms with E-state index in [2.05, 4.69) is 10.4 Å². The van der Waals surface area contributed by atoms with Crippen LogP contribution in [0.25, 0.3) is 5.69 Å². The van der Waals surface area contributed by atoms with Crippen molar-refractivity contribution in [2.45, 2.75) is 45.1 Å². The molecule has 0 unspecified atom stereocenters. The molecule has 1 aliphatic rings. The molecule has 1 saturated carbocycles. The third-order valence-corrected chi connectivity index (χ3v) is 5.71. The Hall–Kier alpha value is -3.56. The standard InChI is InChI=1S/C22H23F2N5O3/c1-14-13-16(11-12-19(14)32-2)27(15-7-4-3-5-8-15)21(30)29-22(31)28(25-26-29)20-17(23)9-6-10-18(20)24/h6,9-13,15H,3-5,7-8H2,1-2H3. The number of hydrogen-bond acceptors (Lipinski definition) is 5. The van der Waals surface area contributed by atoms with Crippen molar-refractivity contribution in [2.75, 3.05) is 12.0 Å². The fraction of sp³-hybridized carbons (Fsp3) is 0.364. The number of anilines is 1. The highest BCUT2D eigenvalue weighted by molar-refractivity contribution is 5.93. The van der Waals surface area contributed by atoms with Gasteiger partial charge >= 0.3 is 11.7 Å². The highest BCUT2D eigenvalue weighted by Crippen LogP contribution is 2.31. The summed E-state index contributed by atoms with van der Waals surface area (Å²) < 4.78 is 34.7. The topological polar surface area (TPSA) is 82.2 Å². The minimum Gasteiger partial charge on any atom is -0.496 e. The van der Waals surface area contributed by atoms with Crippen LogP contribution >= 0.6 is 0 Å². The Labute approximate surface area is 183 Å². The Balaban J connectivity index is 1.78. The summed E-state index contributed by atoms with van der Waals surface area (Å²) >= 11 is 0. The summed E-state index contributed by atoms with van der Waals surface area (Å²) in [6.45, 7) is 1.86. The highest BCUT2D eigenvalue weighted by atomic mass is 19.1.